The summed E-state index contributed by atoms with van der Waals surface area (Å²) in [6.07, 6.45) is -1.01. The highest BCUT2D eigenvalue weighted by Crippen LogP contribution is 2.20. The molecule has 0 aliphatic heterocycles. The third-order valence-electron chi connectivity index (χ3n) is 2.94. The molecule has 100 valence electrons. The quantitative estimate of drug-likeness (QED) is 0.933. The van der Waals surface area contributed by atoms with Gasteiger partial charge in [-0.3, -0.25) is 0 Å². The van der Waals surface area contributed by atoms with Gasteiger partial charge in [-0.2, -0.15) is 0 Å². The Morgan fingerprint density at radius 3 is 2.16 bits per heavy atom. The highest BCUT2D eigenvalue weighted by Gasteiger charge is 2.20. The molecule has 0 saturated carbocycles. The lowest BCUT2D eigenvalue weighted by atomic mass is 10.1. The van der Waals surface area contributed by atoms with Crippen LogP contribution in [0, 0.1) is 6.92 Å². The second-order valence-corrected chi connectivity index (χ2v) is 6.56. The molecule has 1 unspecified atom stereocenters. The summed E-state index contributed by atoms with van der Waals surface area (Å²) in [5, 5.41) is 9.99. The van der Waals surface area contributed by atoms with Gasteiger partial charge in [-0.15, -0.1) is 0 Å². The Balaban J connectivity index is 2.20. The molecule has 1 atom stereocenters. The van der Waals surface area contributed by atoms with Gasteiger partial charge >= 0.3 is 0 Å². The highest BCUT2D eigenvalue weighted by molar-refractivity contribution is 7.91. The fourth-order valence-electron chi connectivity index (χ4n) is 1.82. The molecule has 4 heteroatoms. The number of aryl methyl sites for hydroxylation is 1. The smallest absolute Gasteiger partial charge is 0.181 e. The van der Waals surface area contributed by atoms with Crippen molar-refractivity contribution in [2.75, 3.05) is 5.75 Å². The molecule has 2 aromatic carbocycles. The van der Waals surface area contributed by atoms with Gasteiger partial charge in [-0.05, 0) is 24.6 Å². The van der Waals surface area contributed by atoms with E-state index < -0.39 is 15.9 Å². The molecule has 2 aromatic rings. The summed E-state index contributed by atoms with van der Waals surface area (Å²) in [6.45, 7) is 1.90. The first kappa shape index (κ1) is 13.8. The van der Waals surface area contributed by atoms with Crippen molar-refractivity contribution in [3.05, 3.63) is 65.7 Å². The zero-order chi connectivity index (χ0) is 13.9. The van der Waals surface area contributed by atoms with Gasteiger partial charge in [0.05, 0.1) is 16.8 Å². The minimum atomic E-state index is -3.47. The number of rotatable bonds is 4. The average Bonchev–Trinajstić information content (AvgIpc) is 2.40. The van der Waals surface area contributed by atoms with Crippen LogP contribution in [-0.2, 0) is 9.84 Å². The van der Waals surface area contributed by atoms with Crippen molar-refractivity contribution in [1.82, 2.24) is 0 Å². The molecule has 0 aliphatic rings. The molecule has 0 radical (unpaired) electrons. The van der Waals surface area contributed by atoms with Gasteiger partial charge in [-0.25, -0.2) is 8.42 Å². The zero-order valence-electron chi connectivity index (χ0n) is 10.7. The Morgan fingerprint density at radius 1 is 1.00 bits per heavy atom. The van der Waals surface area contributed by atoms with Gasteiger partial charge in [0.25, 0.3) is 0 Å². The van der Waals surface area contributed by atoms with Crippen LogP contribution in [-0.4, -0.2) is 19.3 Å². The second kappa shape index (κ2) is 5.55. The summed E-state index contributed by atoms with van der Waals surface area (Å²) in [4.78, 5) is 0.244. The van der Waals surface area contributed by atoms with Crippen molar-refractivity contribution in [1.29, 1.82) is 0 Å². The van der Waals surface area contributed by atoms with Gasteiger partial charge in [0.2, 0.25) is 0 Å². The van der Waals surface area contributed by atoms with Crippen LogP contribution in [0.3, 0.4) is 0 Å². The van der Waals surface area contributed by atoms with Crippen molar-refractivity contribution in [3.63, 3.8) is 0 Å². The molecule has 0 fully saturated rings. The molecule has 0 amide bonds. The van der Waals surface area contributed by atoms with Crippen molar-refractivity contribution in [2.24, 2.45) is 0 Å². The second-order valence-electron chi connectivity index (χ2n) is 4.52. The summed E-state index contributed by atoms with van der Waals surface area (Å²) in [6, 6.07) is 15.5. The topological polar surface area (TPSA) is 54.4 Å². The molecule has 0 heterocycles. The Kier molecular flexibility index (Phi) is 4.02. The first-order chi connectivity index (χ1) is 8.99. The number of hydrogen-bond acceptors (Lipinski definition) is 3. The Hall–Kier alpha value is -1.65. The first-order valence-electron chi connectivity index (χ1n) is 6.01. The number of benzene rings is 2. The number of aliphatic hydroxyl groups excluding tert-OH is 1. The van der Waals surface area contributed by atoms with Crippen LogP contribution < -0.4 is 0 Å². The van der Waals surface area contributed by atoms with E-state index in [1.807, 2.05) is 13.0 Å². The lowest BCUT2D eigenvalue weighted by Gasteiger charge is -2.11. The predicted molar refractivity (Wildman–Crippen MR) is 74.6 cm³/mol. The van der Waals surface area contributed by atoms with E-state index in [4.69, 9.17) is 0 Å². The molecular weight excluding hydrogens is 260 g/mol. The Labute approximate surface area is 113 Å². The summed E-state index contributed by atoms with van der Waals surface area (Å²) in [5.74, 6) is -0.305. The third-order valence-corrected chi connectivity index (χ3v) is 4.69. The van der Waals surface area contributed by atoms with E-state index >= 15 is 0 Å². The van der Waals surface area contributed by atoms with Crippen molar-refractivity contribution in [3.8, 4) is 0 Å². The lowest BCUT2D eigenvalue weighted by molar-refractivity contribution is 0.201. The molecule has 0 spiro atoms. The molecule has 0 aliphatic carbocycles. The van der Waals surface area contributed by atoms with E-state index in [9.17, 15) is 13.5 Å². The van der Waals surface area contributed by atoms with Crippen LogP contribution >= 0.6 is 0 Å². The van der Waals surface area contributed by atoms with E-state index in [1.165, 1.54) is 0 Å². The minimum absolute atomic E-state index is 0.244. The molecule has 0 saturated heterocycles. The summed E-state index contributed by atoms with van der Waals surface area (Å²) >= 11 is 0. The average molecular weight is 276 g/mol. The van der Waals surface area contributed by atoms with Gasteiger partial charge in [0.1, 0.15) is 0 Å². The van der Waals surface area contributed by atoms with Crippen LogP contribution in [0.2, 0.25) is 0 Å². The van der Waals surface area contributed by atoms with Gasteiger partial charge in [0, 0.05) is 0 Å². The minimum Gasteiger partial charge on any atom is -0.387 e. The monoisotopic (exact) mass is 276 g/mol. The molecular formula is C15H16O3S. The summed E-state index contributed by atoms with van der Waals surface area (Å²) in [7, 11) is -3.47. The molecule has 19 heavy (non-hydrogen) atoms. The standard InChI is InChI=1S/C15H16O3S/c1-12-7-9-14(10-8-12)19(17,18)11-15(16)13-5-3-2-4-6-13/h2-10,15-16H,11H2,1H3. The SMILES string of the molecule is Cc1ccc(S(=O)(=O)CC(O)c2ccccc2)cc1. The van der Waals surface area contributed by atoms with Crippen LogP contribution in [0.5, 0.6) is 0 Å². The van der Waals surface area contributed by atoms with Crippen LogP contribution in [0.1, 0.15) is 17.2 Å². The van der Waals surface area contributed by atoms with Crippen molar-refractivity contribution < 1.29 is 13.5 Å². The summed E-state index contributed by atoms with van der Waals surface area (Å²) in [5.41, 5.74) is 1.61. The Morgan fingerprint density at radius 2 is 1.58 bits per heavy atom. The lowest BCUT2D eigenvalue weighted by Crippen LogP contribution is -2.14. The fraction of sp³-hybridized carbons (Fsp3) is 0.200. The first-order valence-corrected chi connectivity index (χ1v) is 7.67. The fourth-order valence-corrected chi connectivity index (χ4v) is 3.17. The third kappa shape index (κ3) is 3.43. The molecule has 0 bridgehead atoms. The van der Waals surface area contributed by atoms with Gasteiger partial charge in [0.15, 0.2) is 9.84 Å². The maximum atomic E-state index is 12.2. The van der Waals surface area contributed by atoms with Gasteiger partial charge < -0.3 is 5.11 Å². The van der Waals surface area contributed by atoms with Crippen LogP contribution in [0.15, 0.2) is 59.5 Å². The van der Waals surface area contributed by atoms with E-state index in [-0.39, 0.29) is 10.6 Å². The molecule has 0 aromatic heterocycles. The van der Waals surface area contributed by atoms with E-state index in [0.29, 0.717) is 5.56 Å². The summed E-state index contributed by atoms with van der Waals surface area (Å²) < 4.78 is 24.3. The normalized spacial score (nSPS) is 13.2. The van der Waals surface area contributed by atoms with E-state index in [2.05, 4.69) is 0 Å². The van der Waals surface area contributed by atoms with E-state index in [0.717, 1.165) is 5.56 Å². The van der Waals surface area contributed by atoms with Crippen molar-refractivity contribution in [2.45, 2.75) is 17.9 Å². The molecule has 2 rings (SSSR count). The molecule has 3 nitrogen and oxygen atoms in total. The van der Waals surface area contributed by atoms with Crippen LogP contribution in [0.25, 0.3) is 0 Å². The van der Waals surface area contributed by atoms with Gasteiger partial charge in [-0.1, -0.05) is 48.0 Å². The maximum absolute atomic E-state index is 12.2. The number of aliphatic hydroxyl groups is 1. The number of hydrogen-bond donors (Lipinski definition) is 1. The maximum Gasteiger partial charge on any atom is 0.181 e. The van der Waals surface area contributed by atoms with Crippen LogP contribution in [0.4, 0.5) is 0 Å². The predicted octanol–water partition coefficient (Wildman–Crippen LogP) is 2.50. The Bertz CT molecular complexity index is 631. The van der Waals surface area contributed by atoms with E-state index in [1.54, 1.807) is 48.5 Å². The largest absolute Gasteiger partial charge is 0.387 e. The zero-order valence-corrected chi connectivity index (χ0v) is 11.5. The number of sulfone groups is 1. The van der Waals surface area contributed by atoms with Crippen molar-refractivity contribution >= 4 is 9.84 Å². The molecule has 1 N–H and O–H groups in total. The highest BCUT2D eigenvalue weighted by atomic mass is 32.2.